The predicted molar refractivity (Wildman–Crippen MR) is 70.0 cm³/mol. The Morgan fingerprint density at radius 2 is 1.94 bits per heavy atom. The number of nitrogens with two attached hydrogens (primary N) is 1. The molecular formula is C13H18N4O. The standard InChI is InChI=1S/C13H18N4O/c1-10-3-5-11(6-4-10)13-16-15-12(9-14)17(13)7-8-18-2/h3-6H,7-9,14H2,1-2H3. The lowest BCUT2D eigenvalue weighted by Crippen LogP contribution is -2.12. The van der Waals surface area contributed by atoms with Crippen molar-refractivity contribution in [2.24, 2.45) is 5.73 Å². The first kappa shape index (κ1) is 12.7. The Labute approximate surface area is 107 Å². The highest BCUT2D eigenvalue weighted by Gasteiger charge is 2.12. The Kier molecular flexibility index (Phi) is 4.07. The van der Waals surface area contributed by atoms with Gasteiger partial charge in [0.1, 0.15) is 5.82 Å². The Balaban J connectivity index is 2.37. The smallest absolute Gasteiger partial charge is 0.164 e. The molecule has 0 radical (unpaired) electrons. The number of hydrogen-bond donors (Lipinski definition) is 1. The second-order valence-corrected chi connectivity index (χ2v) is 4.15. The van der Waals surface area contributed by atoms with Crippen molar-refractivity contribution >= 4 is 0 Å². The van der Waals surface area contributed by atoms with E-state index in [1.165, 1.54) is 5.56 Å². The quantitative estimate of drug-likeness (QED) is 0.865. The minimum Gasteiger partial charge on any atom is -0.383 e. The number of nitrogens with zero attached hydrogens (tertiary/aromatic N) is 3. The van der Waals surface area contributed by atoms with Crippen LogP contribution in [-0.2, 0) is 17.8 Å². The first-order valence-corrected chi connectivity index (χ1v) is 5.94. The minimum absolute atomic E-state index is 0.378. The fourth-order valence-corrected chi connectivity index (χ4v) is 1.82. The summed E-state index contributed by atoms with van der Waals surface area (Å²) >= 11 is 0. The summed E-state index contributed by atoms with van der Waals surface area (Å²) in [6.45, 7) is 3.76. The van der Waals surface area contributed by atoms with Crippen molar-refractivity contribution in [1.82, 2.24) is 14.8 Å². The first-order chi connectivity index (χ1) is 8.76. The number of aryl methyl sites for hydroxylation is 1. The van der Waals surface area contributed by atoms with Gasteiger partial charge in [-0.3, -0.25) is 0 Å². The highest BCUT2D eigenvalue weighted by molar-refractivity contribution is 5.55. The molecule has 0 aliphatic carbocycles. The molecule has 1 aromatic heterocycles. The molecule has 0 fully saturated rings. The molecule has 0 bridgehead atoms. The highest BCUT2D eigenvalue weighted by Crippen LogP contribution is 2.18. The van der Waals surface area contributed by atoms with Crippen molar-refractivity contribution in [1.29, 1.82) is 0 Å². The molecule has 2 rings (SSSR count). The minimum atomic E-state index is 0.378. The van der Waals surface area contributed by atoms with Gasteiger partial charge in [-0.2, -0.15) is 0 Å². The van der Waals surface area contributed by atoms with Crippen LogP contribution >= 0.6 is 0 Å². The summed E-state index contributed by atoms with van der Waals surface area (Å²) in [5, 5.41) is 8.34. The molecule has 96 valence electrons. The zero-order chi connectivity index (χ0) is 13.0. The fourth-order valence-electron chi connectivity index (χ4n) is 1.82. The summed E-state index contributed by atoms with van der Waals surface area (Å²) in [5.41, 5.74) is 7.94. The van der Waals surface area contributed by atoms with Crippen LogP contribution in [0.1, 0.15) is 11.4 Å². The van der Waals surface area contributed by atoms with Gasteiger partial charge in [-0.1, -0.05) is 29.8 Å². The molecule has 1 heterocycles. The van der Waals surface area contributed by atoms with Gasteiger partial charge in [-0.15, -0.1) is 10.2 Å². The second-order valence-electron chi connectivity index (χ2n) is 4.15. The molecule has 5 heteroatoms. The summed E-state index contributed by atoms with van der Waals surface area (Å²) in [4.78, 5) is 0. The molecule has 2 aromatic rings. The van der Waals surface area contributed by atoms with E-state index < -0.39 is 0 Å². The third-order valence-corrected chi connectivity index (χ3v) is 2.84. The van der Waals surface area contributed by atoms with Crippen LogP contribution in [0.15, 0.2) is 24.3 Å². The lowest BCUT2D eigenvalue weighted by Gasteiger charge is -2.09. The summed E-state index contributed by atoms with van der Waals surface area (Å²) < 4.78 is 7.12. The van der Waals surface area contributed by atoms with Gasteiger partial charge in [0.05, 0.1) is 13.2 Å². The Morgan fingerprint density at radius 1 is 1.22 bits per heavy atom. The van der Waals surface area contributed by atoms with Crippen molar-refractivity contribution < 1.29 is 4.74 Å². The lowest BCUT2D eigenvalue weighted by molar-refractivity contribution is 0.186. The average Bonchev–Trinajstić information content (AvgIpc) is 2.80. The zero-order valence-corrected chi connectivity index (χ0v) is 10.8. The molecule has 0 amide bonds. The van der Waals surface area contributed by atoms with Crippen LogP contribution in [0.25, 0.3) is 11.4 Å². The molecule has 0 saturated heterocycles. The van der Waals surface area contributed by atoms with Gasteiger partial charge >= 0.3 is 0 Å². The topological polar surface area (TPSA) is 66.0 Å². The Bertz CT molecular complexity index is 504. The SMILES string of the molecule is COCCn1c(CN)nnc1-c1ccc(C)cc1. The largest absolute Gasteiger partial charge is 0.383 e. The average molecular weight is 246 g/mol. The number of aromatic nitrogens is 3. The van der Waals surface area contributed by atoms with Gasteiger partial charge < -0.3 is 15.0 Å². The summed E-state index contributed by atoms with van der Waals surface area (Å²) in [7, 11) is 1.68. The third kappa shape index (κ3) is 2.57. The number of benzene rings is 1. The van der Waals surface area contributed by atoms with Gasteiger partial charge in [0.15, 0.2) is 5.82 Å². The number of hydrogen-bond acceptors (Lipinski definition) is 4. The highest BCUT2D eigenvalue weighted by atomic mass is 16.5. The van der Waals surface area contributed by atoms with Crippen molar-refractivity contribution in [3.63, 3.8) is 0 Å². The van der Waals surface area contributed by atoms with Crippen LogP contribution in [-0.4, -0.2) is 28.5 Å². The van der Waals surface area contributed by atoms with E-state index >= 15 is 0 Å². The van der Waals surface area contributed by atoms with E-state index in [1.54, 1.807) is 7.11 Å². The van der Waals surface area contributed by atoms with Gasteiger partial charge in [0.25, 0.3) is 0 Å². The maximum absolute atomic E-state index is 5.67. The molecule has 5 nitrogen and oxygen atoms in total. The van der Waals surface area contributed by atoms with Gasteiger partial charge in [0.2, 0.25) is 0 Å². The van der Waals surface area contributed by atoms with Crippen molar-refractivity contribution in [2.75, 3.05) is 13.7 Å². The van der Waals surface area contributed by atoms with Crippen LogP contribution in [0.2, 0.25) is 0 Å². The van der Waals surface area contributed by atoms with E-state index in [0.717, 1.165) is 17.2 Å². The van der Waals surface area contributed by atoms with Crippen LogP contribution in [0.5, 0.6) is 0 Å². The molecule has 2 N–H and O–H groups in total. The summed E-state index contributed by atoms with van der Waals surface area (Å²) in [5.74, 6) is 1.62. The lowest BCUT2D eigenvalue weighted by atomic mass is 10.1. The molecular weight excluding hydrogens is 228 g/mol. The van der Waals surface area contributed by atoms with Crippen molar-refractivity contribution in [3.05, 3.63) is 35.7 Å². The predicted octanol–water partition coefficient (Wildman–Crippen LogP) is 1.36. The number of ether oxygens (including phenoxy) is 1. The second kappa shape index (κ2) is 5.75. The number of rotatable bonds is 5. The molecule has 0 spiro atoms. The monoisotopic (exact) mass is 246 g/mol. The van der Waals surface area contributed by atoms with Gasteiger partial charge in [-0.25, -0.2) is 0 Å². The number of methoxy groups -OCH3 is 1. The molecule has 0 saturated carbocycles. The van der Waals surface area contributed by atoms with E-state index in [9.17, 15) is 0 Å². The Hall–Kier alpha value is -1.72. The third-order valence-electron chi connectivity index (χ3n) is 2.84. The maximum Gasteiger partial charge on any atom is 0.164 e. The van der Waals surface area contributed by atoms with Crippen molar-refractivity contribution in [2.45, 2.75) is 20.0 Å². The van der Waals surface area contributed by atoms with Crippen LogP contribution < -0.4 is 5.73 Å². The van der Waals surface area contributed by atoms with E-state index in [0.29, 0.717) is 19.7 Å². The van der Waals surface area contributed by atoms with E-state index in [4.69, 9.17) is 10.5 Å². The fraction of sp³-hybridized carbons (Fsp3) is 0.385. The van der Waals surface area contributed by atoms with Crippen LogP contribution in [0.3, 0.4) is 0 Å². The van der Waals surface area contributed by atoms with Crippen molar-refractivity contribution in [3.8, 4) is 11.4 Å². The molecule has 0 aliphatic rings. The molecule has 18 heavy (non-hydrogen) atoms. The van der Waals surface area contributed by atoms with E-state index in [2.05, 4.69) is 29.3 Å². The Morgan fingerprint density at radius 3 is 2.56 bits per heavy atom. The summed E-state index contributed by atoms with van der Waals surface area (Å²) in [6, 6.07) is 8.21. The van der Waals surface area contributed by atoms with E-state index in [-0.39, 0.29) is 0 Å². The van der Waals surface area contributed by atoms with Crippen LogP contribution in [0, 0.1) is 6.92 Å². The molecule has 1 aromatic carbocycles. The maximum atomic E-state index is 5.67. The van der Waals surface area contributed by atoms with Gasteiger partial charge in [0, 0.05) is 19.2 Å². The normalized spacial score (nSPS) is 10.8. The zero-order valence-electron chi connectivity index (χ0n) is 10.8. The van der Waals surface area contributed by atoms with Crippen LogP contribution in [0.4, 0.5) is 0 Å². The van der Waals surface area contributed by atoms with E-state index in [1.807, 2.05) is 16.7 Å². The summed E-state index contributed by atoms with van der Waals surface area (Å²) in [6.07, 6.45) is 0. The molecule has 0 atom stereocenters. The van der Waals surface area contributed by atoms with Gasteiger partial charge in [-0.05, 0) is 6.92 Å². The molecule has 0 aliphatic heterocycles. The first-order valence-electron chi connectivity index (χ1n) is 5.94. The molecule has 0 unspecified atom stereocenters.